The quantitative estimate of drug-likeness (QED) is 0.784. The standard InChI is InChI=1S/C17H15FN2O/c1-20(14-5-3-2-4-6-14)17(21)9-12-11-19-16-8-7-13(18)10-15(12)16/h2-8,10-11,19H,9H2,1H3. The molecule has 0 unspecified atom stereocenters. The molecule has 1 amide bonds. The van der Waals surface area contributed by atoms with E-state index in [9.17, 15) is 9.18 Å². The van der Waals surface area contributed by atoms with E-state index >= 15 is 0 Å². The molecule has 0 bridgehead atoms. The van der Waals surface area contributed by atoms with Gasteiger partial charge < -0.3 is 9.88 Å². The lowest BCUT2D eigenvalue weighted by Crippen LogP contribution is -2.27. The number of nitrogens with zero attached hydrogens (tertiary/aromatic N) is 1. The third kappa shape index (κ3) is 2.65. The van der Waals surface area contributed by atoms with Crippen LogP contribution in [-0.4, -0.2) is 17.9 Å². The van der Waals surface area contributed by atoms with Crippen LogP contribution >= 0.6 is 0 Å². The molecular weight excluding hydrogens is 267 g/mol. The maximum Gasteiger partial charge on any atom is 0.231 e. The Morgan fingerprint density at radius 1 is 1.19 bits per heavy atom. The number of nitrogens with one attached hydrogen (secondary N) is 1. The monoisotopic (exact) mass is 282 g/mol. The van der Waals surface area contributed by atoms with Gasteiger partial charge >= 0.3 is 0 Å². The Labute approximate surface area is 122 Å². The zero-order valence-electron chi connectivity index (χ0n) is 11.6. The van der Waals surface area contributed by atoms with Crippen molar-refractivity contribution in [3.8, 4) is 0 Å². The highest BCUT2D eigenvalue weighted by molar-refractivity contribution is 5.97. The van der Waals surface area contributed by atoms with Crippen molar-refractivity contribution >= 4 is 22.5 Å². The molecule has 21 heavy (non-hydrogen) atoms. The molecule has 0 aliphatic heterocycles. The highest BCUT2D eigenvalue weighted by Gasteiger charge is 2.14. The first kappa shape index (κ1) is 13.4. The fraction of sp³-hybridized carbons (Fsp3) is 0.118. The summed E-state index contributed by atoms with van der Waals surface area (Å²) in [7, 11) is 1.74. The van der Waals surface area contributed by atoms with Crippen LogP contribution in [-0.2, 0) is 11.2 Å². The lowest BCUT2D eigenvalue weighted by atomic mass is 10.1. The predicted molar refractivity (Wildman–Crippen MR) is 81.8 cm³/mol. The second kappa shape index (κ2) is 5.40. The van der Waals surface area contributed by atoms with Gasteiger partial charge in [-0.3, -0.25) is 4.79 Å². The minimum absolute atomic E-state index is 0.0358. The van der Waals surface area contributed by atoms with E-state index in [1.807, 2.05) is 30.3 Å². The predicted octanol–water partition coefficient (Wildman–Crippen LogP) is 3.51. The number of para-hydroxylation sites is 1. The van der Waals surface area contributed by atoms with Gasteiger partial charge in [-0.15, -0.1) is 0 Å². The van der Waals surface area contributed by atoms with Gasteiger partial charge in [0.2, 0.25) is 5.91 Å². The summed E-state index contributed by atoms with van der Waals surface area (Å²) < 4.78 is 13.3. The number of likely N-dealkylation sites (N-methyl/N-ethyl adjacent to an activating group) is 1. The number of rotatable bonds is 3. The van der Waals surface area contributed by atoms with Crippen LogP contribution in [0, 0.1) is 5.82 Å². The summed E-state index contributed by atoms with van der Waals surface area (Å²) in [5, 5.41) is 0.754. The van der Waals surface area contributed by atoms with E-state index in [0.29, 0.717) is 0 Å². The number of carbonyl (C=O) groups is 1. The second-order valence-corrected chi connectivity index (χ2v) is 4.97. The van der Waals surface area contributed by atoms with E-state index in [1.54, 1.807) is 24.2 Å². The highest BCUT2D eigenvalue weighted by atomic mass is 19.1. The largest absolute Gasteiger partial charge is 0.361 e. The van der Waals surface area contributed by atoms with Crippen molar-refractivity contribution in [1.82, 2.24) is 4.98 Å². The van der Waals surface area contributed by atoms with Crippen molar-refractivity contribution in [1.29, 1.82) is 0 Å². The average Bonchev–Trinajstić information content (AvgIpc) is 2.89. The van der Waals surface area contributed by atoms with E-state index in [1.165, 1.54) is 12.1 Å². The third-order valence-corrected chi connectivity index (χ3v) is 3.59. The van der Waals surface area contributed by atoms with Gasteiger partial charge in [0, 0.05) is 29.8 Å². The first-order chi connectivity index (χ1) is 10.1. The third-order valence-electron chi connectivity index (χ3n) is 3.59. The number of H-pyrrole nitrogens is 1. The summed E-state index contributed by atoms with van der Waals surface area (Å²) in [5.74, 6) is -0.335. The van der Waals surface area contributed by atoms with Crippen LogP contribution < -0.4 is 4.90 Å². The first-order valence-corrected chi connectivity index (χ1v) is 6.72. The number of amides is 1. The molecular formula is C17H15FN2O. The Morgan fingerprint density at radius 3 is 2.71 bits per heavy atom. The van der Waals surface area contributed by atoms with E-state index in [2.05, 4.69) is 4.98 Å². The number of benzene rings is 2. The molecule has 106 valence electrons. The minimum atomic E-state index is -0.299. The van der Waals surface area contributed by atoms with Crippen LogP contribution in [0.3, 0.4) is 0 Å². The van der Waals surface area contributed by atoms with Crippen LogP contribution in [0.25, 0.3) is 10.9 Å². The van der Waals surface area contributed by atoms with Crippen molar-refractivity contribution < 1.29 is 9.18 Å². The van der Waals surface area contributed by atoms with Crippen LogP contribution in [0.1, 0.15) is 5.56 Å². The van der Waals surface area contributed by atoms with E-state index in [-0.39, 0.29) is 18.1 Å². The maximum absolute atomic E-state index is 13.3. The number of carbonyl (C=O) groups excluding carboxylic acids is 1. The van der Waals surface area contributed by atoms with Gasteiger partial charge in [-0.05, 0) is 35.9 Å². The van der Waals surface area contributed by atoms with Crippen molar-refractivity contribution in [3.63, 3.8) is 0 Å². The minimum Gasteiger partial charge on any atom is -0.361 e. The zero-order chi connectivity index (χ0) is 14.8. The molecule has 4 heteroatoms. The molecule has 0 spiro atoms. The molecule has 0 atom stereocenters. The van der Waals surface area contributed by atoms with Gasteiger partial charge in [0.1, 0.15) is 5.82 Å². The number of fused-ring (bicyclic) bond motifs is 1. The Bertz CT molecular complexity index is 780. The zero-order valence-corrected chi connectivity index (χ0v) is 11.6. The van der Waals surface area contributed by atoms with Crippen molar-refractivity contribution in [2.45, 2.75) is 6.42 Å². The van der Waals surface area contributed by atoms with Crippen LogP contribution in [0.2, 0.25) is 0 Å². The van der Waals surface area contributed by atoms with Crippen molar-refractivity contribution in [2.24, 2.45) is 0 Å². The summed E-state index contributed by atoms with van der Waals surface area (Å²) in [4.78, 5) is 17.0. The number of aromatic nitrogens is 1. The van der Waals surface area contributed by atoms with E-state index in [4.69, 9.17) is 0 Å². The SMILES string of the molecule is CN(C(=O)Cc1c[nH]c2ccc(F)cc12)c1ccccc1. The Balaban J connectivity index is 1.85. The molecule has 0 saturated heterocycles. The molecule has 1 aromatic heterocycles. The first-order valence-electron chi connectivity index (χ1n) is 6.72. The molecule has 1 heterocycles. The van der Waals surface area contributed by atoms with Crippen LogP contribution in [0.15, 0.2) is 54.7 Å². The summed E-state index contributed by atoms with van der Waals surface area (Å²) in [6.07, 6.45) is 2.00. The summed E-state index contributed by atoms with van der Waals surface area (Å²) >= 11 is 0. The molecule has 2 aromatic carbocycles. The van der Waals surface area contributed by atoms with Gasteiger partial charge in [-0.1, -0.05) is 18.2 Å². The number of hydrogen-bond donors (Lipinski definition) is 1. The summed E-state index contributed by atoms with van der Waals surface area (Å²) in [6.45, 7) is 0. The molecule has 0 fully saturated rings. The molecule has 0 radical (unpaired) electrons. The number of anilines is 1. The normalized spacial score (nSPS) is 10.8. The molecule has 3 nitrogen and oxygen atoms in total. The Morgan fingerprint density at radius 2 is 1.95 bits per heavy atom. The van der Waals surface area contributed by atoms with E-state index in [0.717, 1.165) is 22.2 Å². The maximum atomic E-state index is 13.3. The fourth-order valence-corrected chi connectivity index (χ4v) is 2.37. The van der Waals surface area contributed by atoms with Crippen LogP contribution in [0.5, 0.6) is 0 Å². The van der Waals surface area contributed by atoms with Crippen LogP contribution in [0.4, 0.5) is 10.1 Å². The molecule has 0 aliphatic rings. The molecule has 0 aliphatic carbocycles. The fourth-order valence-electron chi connectivity index (χ4n) is 2.37. The number of aromatic amines is 1. The highest BCUT2D eigenvalue weighted by Crippen LogP contribution is 2.21. The molecule has 0 saturated carbocycles. The van der Waals surface area contributed by atoms with E-state index < -0.39 is 0 Å². The lowest BCUT2D eigenvalue weighted by Gasteiger charge is -2.17. The van der Waals surface area contributed by atoms with Gasteiger partial charge in [-0.2, -0.15) is 0 Å². The Hall–Kier alpha value is -2.62. The molecule has 1 N–H and O–H groups in total. The van der Waals surface area contributed by atoms with Gasteiger partial charge in [0.25, 0.3) is 0 Å². The summed E-state index contributed by atoms with van der Waals surface area (Å²) in [5.41, 5.74) is 2.48. The second-order valence-electron chi connectivity index (χ2n) is 4.97. The number of hydrogen-bond acceptors (Lipinski definition) is 1. The van der Waals surface area contributed by atoms with Crippen molar-refractivity contribution in [3.05, 3.63) is 66.1 Å². The number of halogens is 1. The summed E-state index contributed by atoms with van der Waals surface area (Å²) in [6, 6.07) is 14.0. The van der Waals surface area contributed by atoms with Gasteiger partial charge in [-0.25, -0.2) is 4.39 Å². The van der Waals surface area contributed by atoms with Gasteiger partial charge in [0.05, 0.1) is 6.42 Å². The Kier molecular flexibility index (Phi) is 3.44. The smallest absolute Gasteiger partial charge is 0.231 e. The lowest BCUT2D eigenvalue weighted by molar-refractivity contribution is -0.117. The topological polar surface area (TPSA) is 36.1 Å². The van der Waals surface area contributed by atoms with Crippen molar-refractivity contribution in [2.75, 3.05) is 11.9 Å². The average molecular weight is 282 g/mol. The molecule has 3 aromatic rings. The van der Waals surface area contributed by atoms with Gasteiger partial charge in [0.15, 0.2) is 0 Å². The molecule has 3 rings (SSSR count).